The first-order valence-electron chi connectivity index (χ1n) is 5.13. The highest BCUT2D eigenvalue weighted by Gasteiger charge is 2.18. The second kappa shape index (κ2) is 5.97. The summed E-state index contributed by atoms with van der Waals surface area (Å²) < 4.78 is 10.2. The van der Waals surface area contributed by atoms with E-state index in [4.69, 9.17) is 14.9 Å². The van der Waals surface area contributed by atoms with Crippen LogP contribution in [0.2, 0.25) is 0 Å². The zero-order chi connectivity index (χ0) is 9.52. The van der Waals surface area contributed by atoms with E-state index in [-0.39, 0.29) is 6.79 Å². The largest absolute Gasteiger partial charge is 0.455 e. The lowest BCUT2D eigenvalue weighted by molar-refractivity contribution is 0.00836. The van der Waals surface area contributed by atoms with E-state index >= 15 is 0 Å². The highest BCUT2D eigenvalue weighted by Crippen LogP contribution is 2.24. The van der Waals surface area contributed by atoms with Crippen LogP contribution in [0, 0.1) is 11.3 Å². The van der Waals surface area contributed by atoms with Crippen molar-refractivity contribution >= 4 is 5.90 Å². The van der Waals surface area contributed by atoms with Gasteiger partial charge in [-0.05, 0) is 19.8 Å². The maximum absolute atomic E-state index is 7.66. The quantitative estimate of drug-likeness (QED) is 0.316. The van der Waals surface area contributed by atoms with Gasteiger partial charge in [-0.1, -0.05) is 19.3 Å². The lowest BCUT2D eigenvalue weighted by atomic mass is 9.89. The lowest BCUT2D eigenvalue weighted by Crippen LogP contribution is -2.20. The molecule has 0 radical (unpaired) electrons. The second-order valence-corrected chi connectivity index (χ2v) is 3.45. The molecule has 0 unspecified atom stereocenters. The Labute approximate surface area is 79.9 Å². The molecular formula is C10H19NO2. The van der Waals surface area contributed by atoms with Crippen molar-refractivity contribution in [3.05, 3.63) is 0 Å². The van der Waals surface area contributed by atoms with E-state index < -0.39 is 0 Å². The molecule has 1 saturated carbocycles. The standard InChI is InChI=1S/C10H19NO2/c1-2-12-8-13-10(11)9-6-4-3-5-7-9/h9,11H,2-8H2,1H3. The molecule has 0 aliphatic heterocycles. The van der Waals surface area contributed by atoms with Crippen molar-refractivity contribution in [2.75, 3.05) is 13.4 Å². The van der Waals surface area contributed by atoms with Crippen molar-refractivity contribution in [1.82, 2.24) is 0 Å². The van der Waals surface area contributed by atoms with Crippen molar-refractivity contribution in [2.45, 2.75) is 39.0 Å². The first kappa shape index (κ1) is 10.5. The van der Waals surface area contributed by atoms with Gasteiger partial charge in [0.1, 0.15) is 0 Å². The molecule has 13 heavy (non-hydrogen) atoms. The summed E-state index contributed by atoms with van der Waals surface area (Å²) in [6.07, 6.45) is 6.03. The van der Waals surface area contributed by atoms with Crippen LogP contribution in [0.15, 0.2) is 0 Å². The van der Waals surface area contributed by atoms with E-state index in [9.17, 15) is 0 Å². The summed E-state index contributed by atoms with van der Waals surface area (Å²) in [5.74, 6) is 0.780. The van der Waals surface area contributed by atoms with Gasteiger partial charge in [-0.25, -0.2) is 0 Å². The van der Waals surface area contributed by atoms with Gasteiger partial charge in [0.2, 0.25) is 0 Å². The third kappa shape index (κ3) is 3.77. The molecule has 1 aliphatic rings. The Bertz CT molecular complexity index is 153. The molecule has 0 atom stereocenters. The number of nitrogens with one attached hydrogen (secondary N) is 1. The number of hydrogen-bond acceptors (Lipinski definition) is 3. The molecule has 0 spiro atoms. The van der Waals surface area contributed by atoms with Gasteiger partial charge in [-0.15, -0.1) is 0 Å². The zero-order valence-corrected chi connectivity index (χ0v) is 8.34. The number of ether oxygens (including phenoxy) is 2. The first-order valence-corrected chi connectivity index (χ1v) is 5.13. The van der Waals surface area contributed by atoms with Gasteiger partial charge in [-0.3, -0.25) is 5.41 Å². The van der Waals surface area contributed by atoms with E-state index in [1.807, 2.05) is 6.92 Å². The topological polar surface area (TPSA) is 42.3 Å². The van der Waals surface area contributed by atoms with E-state index in [0.29, 0.717) is 18.4 Å². The van der Waals surface area contributed by atoms with Crippen LogP contribution in [-0.4, -0.2) is 19.3 Å². The van der Waals surface area contributed by atoms with E-state index in [0.717, 1.165) is 12.8 Å². The summed E-state index contributed by atoms with van der Waals surface area (Å²) in [6, 6.07) is 0. The molecule has 0 bridgehead atoms. The predicted molar refractivity (Wildman–Crippen MR) is 51.9 cm³/mol. The van der Waals surface area contributed by atoms with Gasteiger partial charge in [0.05, 0.1) is 0 Å². The average Bonchev–Trinajstić information content (AvgIpc) is 2.19. The molecule has 1 rings (SSSR count). The minimum atomic E-state index is 0.242. The number of rotatable bonds is 4. The van der Waals surface area contributed by atoms with Gasteiger partial charge in [-0.2, -0.15) is 0 Å². The van der Waals surface area contributed by atoms with Gasteiger partial charge >= 0.3 is 0 Å². The lowest BCUT2D eigenvalue weighted by Gasteiger charge is -2.21. The molecule has 1 aliphatic carbocycles. The maximum Gasteiger partial charge on any atom is 0.190 e. The van der Waals surface area contributed by atoms with E-state index in [1.54, 1.807) is 0 Å². The molecule has 1 N–H and O–H groups in total. The van der Waals surface area contributed by atoms with Crippen molar-refractivity contribution in [1.29, 1.82) is 5.41 Å². The van der Waals surface area contributed by atoms with Crippen LogP contribution in [0.4, 0.5) is 0 Å². The molecular weight excluding hydrogens is 166 g/mol. The Hall–Kier alpha value is -0.570. The Morgan fingerprint density at radius 3 is 2.62 bits per heavy atom. The molecule has 3 heteroatoms. The Morgan fingerprint density at radius 1 is 1.31 bits per heavy atom. The van der Waals surface area contributed by atoms with Gasteiger partial charge in [0, 0.05) is 12.5 Å². The van der Waals surface area contributed by atoms with E-state index in [2.05, 4.69) is 0 Å². The molecule has 0 saturated heterocycles. The van der Waals surface area contributed by atoms with Crippen LogP contribution >= 0.6 is 0 Å². The summed E-state index contributed by atoms with van der Waals surface area (Å²) in [5.41, 5.74) is 0. The minimum Gasteiger partial charge on any atom is -0.455 e. The Kier molecular flexibility index (Phi) is 4.83. The van der Waals surface area contributed by atoms with Gasteiger partial charge in [0.25, 0.3) is 0 Å². The molecule has 3 nitrogen and oxygen atoms in total. The summed E-state index contributed by atoms with van der Waals surface area (Å²) in [5, 5.41) is 7.66. The fourth-order valence-electron chi connectivity index (χ4n) is 1.67. The van der Waals surface area contributed by atoms with Crippen LogP contribution in [0.3, 0.4) is 0 Å². The van der Waals surface area contributed by atoms with Crippen LogP contribution in [-0.2, 0) is 9.47 Å². The Balaban J connectivity index is 2.13. The van der Waals surface area contributed by atoms with Crippen molar-refractivity contribution in [3.8, 4) is 0 Å². The summed E-state index contributed by atoms with van der Waals surface area (Å²) >= 11 is 0. The van der Waals surface area contributed by atoms with Crippen molar-refractivity contribution < 1.29 is 9.47 Å². The molecule has 0 heterocycles. The Morgan fingerprint density at radius 2 is 2.00 bits per heavy atom. The zero-order valence-electron chi connectivity index (χ0n) is 8.34. The molecule has 0 aromatic rings. The van der Waals surface area contributed by atoms with Crippen LogP contribution in [0.1, 0.15) is 39.0 Å². The van der Waals surface area contributed by atoms with E-state index in [1.165, 1.54) is 19.3 Å². The monoisotopic (exact) mass is 185 g/mol. The molecule has 0 aromatic carbocycles. The molecule has 76 valence electrons. The smallest absolute Gasteiger partial charge is 0.190 e. The van der Waals surface area contributed by atoms with Gasteiger partial charge in [0.15, 0.2) is 12.7 Å². The van der Waals surface area contributed by atoms with Gasteiger partial charge < -0.3 is 9.47 Å². The summed E-state index contributed by atoms with van der Waals surface area (Å²) in [6.45, 7) is 2.82. The summed E-state index contributed by atoms with van der Waals surface area (Å²) in [7, 11) is 0. The van der Waals surface area contributed by atoms with Crippen LogP contribution < -0.4 is 0 Å². The molecule has 0 amide bonds. The van der Waals surface area contributed by atoms with Crippen LogP contribution in [0.25, 0.3) is 0 Å². The van der Waals surface area contributed by atoms with Crippen molar-refractivity contribution in [3.63, 3.8) is 0 Å². The first-order chi connectivity index (χ1) is 6.34. The third-order valence-corrected chi connectivity index (χ3v) is 2.48. The normalized spacial score (nSPS) is 18.5. The molecule has 1 fully saturated rings. The fraction of sp³-hybridized carbons (Fsp3) is 0.900. The van der Waals surface area contributed by atoms with Crippen molar-refractivity contribution in [2.24, 2.45) is 5.92 Å². The highest BCUT2D eigenvalue weighted by atomic mass is 16.7. The van der Waals surface area contributed by atoms with Crippen LogP contribution in [0.5, 0.6) is 0 Å². The summed E-state index contributed by atoms with van der Waals surface area (Å²) in [4.78, 5) is 0. The molecule has 0 aromatic heterocycles. The second-order valence-electron chi connectivity index (χ2n) is 3.45. The predicted octanol–water partition coefficient (Wildman–Crippen LogP) is 2.55. The third-order valence-electron chi connectivity index (χ3n) is 2.48. The minimum absolute atomic E-state index is 0.242. The maximum atomic E-state index is 7.66. The fourth-order valence-corrected chi connectivity index (χ4v) is 1.67. The average molecular weight is 185 g/mol. The SMILES string of the molecule is CCOCOC(=N)C1CCCCC1. The number of hydrogen-bond donors (Lipinski definition) is 1. The highest BCUT2D eigenvalue weighted by molar-refractivity contribution is 5.75.